The van der Waals surface area contributed by atoms with E-state index in [2.05, 4.69) is 4.98 Å². The SMILES string of the molecule is CCC(=O)N(Oc1ccc(Cl)cc1)c1c[nH]c(=O)[nH]c1=O. The van der Waals surface area contributed by atoms with E-state index in [1.807, 2.05) is 4.98 Å². The summed E-state index contributed by atoms with van der Waals surface area (Å²) in [5.41, 5.74) is -1.51. The van der Waals surface area contributed by atoms with Gasteiger partial charge in [0.25, 0.3) is 11.5 Å². The Kier molecular flexibility index (Phi) is 4.44. The van der Waals surface area contributed by atoms with Crippen molar-refractivity contribution in [3.63, 3.8) is 0 Å². The number of carbonyl (C=O) groups excluding carboxylic acids is 1. The van der Waals surface area contributed by atoms with Crippen LogP contribution in [0.1, 0.15) is 13.3 Å². The number of nitrogens with zero attached hydrogens (tertiary/aromatic N) is 1. The van der Waals surface area contributed by atoms with E-state index in [9.17, 15) is 14.4 Å². The number of nitrogens with one attached hydrogen (secondary N) is 2. The van der Waals surface area contributed by atoms with Gasteiger partial charge in [0, 0.05) is 17.6 Å². The number of amides is 1. The van der Waals surface area contributed by atoms with Crippen molar-refractivity contribution in [1.82, 2.24) is 9.97 Å². The molecule has 0 aliphatic rings. The Balaban J connectivity index is 2.39. The highest BCUT2D eigenvalue weighted by molar-refractivity contribution is 6.30. The van der Waals surface area contributed by atoms with Gasteiger partial charge in [0.15, 0.2) is 11.4 Å². The van der Waals surface area contributed by atoms with E-state index in [-0.39, 0.29) is 12.1 Å². The number of halogens is 1. The number of anilines is 1. The Hall–Kier alpha value is -2.54. The summed E-state index contributed by atoms with van der Waals surface area (Å²) in [4.78, 5) is 44.5. The lowest BCUT2D eigenvalue weighted by atomic mass is 10.3. The summed E-state index contributed by atoms with van der Waals surface area (Å²) >= 11 is 5.77. The number of hydrogen-bond donors (Lipinski definition) is 2. The van der Waals surface area contributed by atoms with Crippen molar-refractivity contribution in [3.05, 3.63) is 56.3 Å². The van der Waals surface area contributed by atoms with Crippen LogP contribution in [-0.4, -0.2) is 15.9 Å². The van der Waals surface area contributed by atoms with E-state index in [1.54, 1.807) is 31.2 Å². The fourth-order valence-corrected chi connectivity index (χ4v) is 1.66. The van der Waals surface area contributed by atoms with Gasteiger partial charge in [0.1, 0.15) is 0 Å². The minimum absolute atomic E-state index is 0.114. The second-order valence-electron chi connectivity index (χ2n) is 4.04. The lowest BCUT2D eigenvalue weighted by Crippen LogP contribution is -2.39. The molecule has 0 aliphatic heterocycles. The fraction of sp³-hybridized carbons (Fsp3) is 0.154. The monoisotopic (exact) mass is 309 g/mol. The number of carbonyl (C=O) groups is 1. The van der Waals surface area contributed by atoms with Gasteiger partial charge >= 0.3 is 5.69 Å². The van der Waals surface area contributed by atoms with Crippen LogP contribution in [0.3, 0.4) is 0 Å². The molecule has 2 rings (SSSR count). The maximum Gasteiger partial charge on any atom is 0.325 e. The first-order valence-corrected chi connectivity index (χ1v) is 6.47. The lowest BCUT2D eigenvalue weighted by Gasteiger charge is -2.20. The number of H-pyrrole nitrogens is 2. The molecule has 2 aromatic rings. The summed E-state index contributed by atoms with van der Waals surface area (Å²) in [7, 11) is 0. The van der Waals surface area contributed by atoms with Crippen molar-refractivity contribution < 1.29 is 9.63 Å². The summed E-state index contributed by atoms with van der Waals surface area (Å²) < 4.78 is 0. The molecule has 0 radical (unpaired) electrons. The molecular weight excluding hydrogens is 298 g/mol. The predicted molar refractivity (Wildman–Crippen MR) is 77.5 cm³/mol. The molecule has 7 nitrogen and oxygen atoms in total. The van der Waals surface area contributed by atoms with E-state index >= 15 is 0 Å². The number of rotatable bonds is 4. The topological polar surface area (TPSA) is 95.3 Å². The van der Waals surface area contributed by atoms with Gasteiger partial charge in [-0.3, -0.25) is 14.6 Å². The first-order valence-electron chi connectivity index (χ1n) is 6.09. The molecule has 1 amide bonds. The molecule has 0 atom stereocenters. The van der Waals surface area contributed by atoms with Gasteiger partial charge in [0.2, 0.25) is 0 Å². The van der Waals surface area contributed by atoms with E-state index in [0.29, 0.717) is 10.8 Å². The first-order chi connectivity index (χ1) is 10.0. The molecule has 1 aromatic heterocycles. The van der Waals surface area contributed by atoms with Crippen molar-refractivity contribution in [2.24, 2.45) is 0 Å². The molecule has 1 aromatic carbocycles. The summed E-state index contributed by atoms with van der Waals surface area (Å²) in [5, 5.41) is 1.34. The van der Waals surface area contributed by atoms with Crippen molar-refractivity contribution in [2.45, 2.75) is 13.3 Å². The van der Waals surface area contributed by atoms with E-state index in [0.717, 1.165) is 11.3 Å². The van der Waals surface area contributed by atoms with Crippen LogP contribution < -0.4 is 21.1 Å². The molecule has 0 saturated heterocycles. The van der Waals surface area contributed by atoms with E-state index in [4.69, 9.17) is 16.4 Å². The van der Waals surface area contributed by atoms with Gasteiger partial charge < -0.3 is 9.82 Å². The molecule has 0 bridgehead atoms. The van der Waals surface area contributed by atoms with Crippen molar-refractivity contribution >= 4 is 23.2 Å². The van der Waals surface area contributed by atoms with Crippen LogP contribution in [0.15, 0.2) is 40.1 Å². The van der Waals surface area contributed by atoms with Crippen LogP contribution in [-0.2, 0) is 4.79 Å². The normalized spacial score (nSPS) is 10.2. The minimum Gasteiger partial charge on any atom is -0.372 e. The Morgan fingerprint density at radius 2 is 1.95 bits per heavy atom. The molecule has 2 N–H and O–H groups in total. The van der Waals surface area contributed by atoms with Crippen LogP contribution in [0.4, 0.5) is 5.69 Å². The second-order valence-corrected chi connectivity index (χ2v) is 4.48. The number of aromatic nitrogens is 2. The Bertz CT molecular complexity index is 751. The minimum atomic E-state index is -0.727. The summed E-state index contributed by atoms with van der Waals surface area (Å²) in [6, 6.07) is 6.28. The molecule has 0 fully saturated rings. The highest BCUT2D eigenvalue weighted by Gasteiger charge is 2.20. The Morgan fingerprint density at radius 1 is 1.29 bits per heavy atom. The van der Waals surface area contributed by atoms with Gasteiger partial charge in [-0.2, -0.15) is 0 Å². The third kappa shape index (κ3) is 3.51. The summed E-state index contributed by atoms with van der Waals surface area (Å²) in [6.07, 6.45) is 1.23. The predicted octanol–water partition coefficient (Wildman–Crippen LogP) is 1.45. The largest absolute Gasteiger partial charge is 0.372 e. The number of benzene rings is 1. The fourth-order valence-electron chi connectivity index (χ4n) is 1.53. The van der Waals surface area contributed by atoms with Gasteiger partial charge in [0.05, 0.1) is 0 Å². The summed E-state index contributed by atoms with van der Waals surface area (Å²) in [5.74, 6) is -0.116. The molecule has 21 heavy (non-hydrogen) atoms. The third-order valence-electron chi connectivity index (χ3n) is 2.56. The molecule has 0 aliphatic carbocycles. The van der Waals surface area contributed by atoms with Gasteiger partial charge in [-0.1, -0.05) is 18.5 Å². The molecule has 0 unspecified atom stereocenters. The highest BCUT2D eigenvalue weighted by atomic mass is 35.5. The lowest BCUT2D eigenvalue weighted by molar-refractivity contribution is -0.122. The summed E-state index contributed by atoms with van der Waals surface area (Å²) in [6.45, 7) is 1.63. The molecule has 110 valence electrons. The first kappa shape index (κ1) is 14.9. The second kappa shape index (κ2) is 6.27. The quantitative estimate of drug-likeness (QED) is 0.836. The van der Waals surface area contributed by atoms with Crippen molar-refractivity contribution in [1.29, 1.82) is 0 Å². The number of hydrogen-bond acceptors (Lipinski definition) is 4. The molecule has 1 heterocycles. The van der Waals surface area contributed by atoms with Gasteiger partial charge in [-0.15, -0.1) is 5.06 Å². The standard InChI is InChI=1S/C13H12ClN3O4/c1-2-11(18)17(10-7-15-13(20)16-12(10)19)21-9-5-3-8(14)4-6-9/h3-7H,2H2,1H3,(H2,15,16,19,20). The van der Waals surface area contributed by atoms with Crippen LogP contribution in [0.5, 0.6) is 5.75 Å². The Labute approximate surface area is 124 Å². The van der Waals surface area contributed by atoms with E-state index < -0.39 is 17.2 Å². The van der Waals surface area contributed by atoms with Crippen LogP contribution >= 0.6 is 11.6 Å². The van der Waals surface area contributed by atoms with Gasteiger partial charge in [-0.05, 0) is 24.3 Å². The zero-order chi connectivity index (χ0) is 15.4. The molecule has 0 saturated carbocycles. The maximum atomic E-state index is 12.0. The zero-order valence-corrected chi connectivity index (χ0v) is 11.8. The average molecular weight is 310 g/mol. The van der Waals surface area contributed by atoms with Crippen LogP contribution in [0, 0.1) is 0 Å². The molecule has 8 heteroatoms. The number of hydroxylamine groups is 1. The third-order valence-corrected chi connectivity index (χ3v) is 2.81. The van der Waals surface area contributed by atoms with Crippen molar-refractivity contribution in [2.75, 3.05) is 5.06 Å². The van der Waals surface area contributed by atoms with Crippen LogP contribution in [0.2, 0.25) is 5.02 Å². The number of aromatic amines is 2. The Morgan fingerprint density at radius 3 is 2.52 bits per heavy atom. The van der Waals surface area contributed by atoms with Gasteiger partial charge in [-0.25, -0.2) is 4.79 Å². The average Bonchev–Trinajstić information content (AvgIpc) is 2.47. The molecule has 0 spiro atoms. The van der Waals surface area contributed by atoms with Crippen molar-refractivity contribution in [3.8, 4) is 5.75 Å². The van der Waals surface area contributed by atoms with Crippen LogP contribution in [0.25, 0.3) is 0 Å². The maximum absolute atomic E-state index is 12.0. The van der Waals surface area contributed by atoms with E-state index in [1.165, 1.54) is 0 Å². The highest BCUT2D eigenvalue weighted by Crippen LogP contribution is 2.18. The molecular formula is C13H12ClN3O4. The zero-order valence-electron chi connectivity index (χ0n) is 11.1. The smallest absolute Gasteiger partial charge is 0.325 e.